The Hall–Kier alpha value is -3.45. The maximum absolute atomic E-state index is 13.1. The highest BCUT2D eigenvalue weighted by molar-refractivity contribution is 5.98. The largest absolute Gasteiger partial charge is 0.444 e. The second-order valence-corrected chi connectivity index (χ2v) is 8.26. The molecule has 0 saturated carbocycles. The first-order valence-electron chi connectivity index (χ1n) is 10.1. The Morgan fingerprint density at radius 2 is 1.81 bits per heavy atom. The van der Waals surface area contributed by atoms with E-state index in [4.69, 9.17) is 4.74 Å². The van der Waals surface area contributed by atoms with E-state index in [9.17, 15) is 14.7 Å². The van der Waals surface area contributed by atoms with Crippen molar-refractivity contribution in [3.05, 3.63) is 72.1 Å². The minimum absolute atomic E-state index is 0.0662. The van der Waals surface area contributed by atoms with Crippen molar-refractivity contribution >= 4 is 28.5 Å². The van der Waals surface area contributed by atoms with E-state index in [1.807, 2.05) is 24.3 Å². The fourth-order valence-electron chi connectivity index (χ4n) is 3.11. The summed E-state index contributed by atoms with van der Waals surface area (Å²) in [6, 6.07) is 14.5. The van der Waals surface area contributed by atoms with Crippen molar-refractivity contribution in [2.45, 2.75) is 38.9 Å². The molecule has 0 aliphatic rings. The van der Waals surface area contributed by atoms with Crippen LogP contribution in [0.4, 0.5) is 10.5 Å². The second-order valence-electron chi connectivity index (χ2n) is 8.26. The average Bonchev–Trinajstić information content (AvgIpc) is 2.73. The first-order valence-corrected chi connectivity index (χ1v) is 10.1. The predicted molar refractivity (Wildman–Crippen MR) is 120 cm³/mol. The van der Waals surface area contributed by atoms with Crippen molar-refractivity contribution in [2.75, 3.05) is 11.9 Å². The van der Waals surface area contributed by atoms with Crippen molar-refractivity contribution in [3.63, 3.8) is 0 Å². The Morgan fingerprint density at radius 1 is 1.06 bits per heavy atom. The normalized spacial score (nSPS) is 12.3. The second kappa shape index (κ2) is 9.57. The van der Waals surface area contributed by atoms with Gasteiger partial charge in [-0.2, -0.15) is 0 Å². The standard InChI is InChI=1S/C24H27N3O4/c1-24(2,3)31-23(30)26-14-21(17-6-4-16(15-28)5-7-17)22(29)27-20-9-8-19-13-25-11-10-18(19)12-20/h4-13,21,28H,14-15H2,1-3H3,(H,26,30)(H,27,29)/t21-/m1/s1. The zero-order valence-corrected chi connectivity index (χ0v) is 17.9. The number of aromatic nitrogens is 1. The quantitative estimate of drug-likeness (QED) is 0.559. The van der Waals surface area contributed by atoms with Gasteiger partial charge in [0.05, 0.1) is 12.5 Å². The van der Waals surface area contributed by atoms with Crippen LogP contribution in [-0.4, -0.2) is 34.2 Å². The van der Waals surface area contributed by atoms with E-state index in [2.05, 4.69) is 15.6 Å². The van der Waals surface area contributed by atoms with Gasteiger partial charge in [-0.15, -0.1) is 0 Å². The summed E-state index contributed by atoms with van der Waals surface area (Å²) in [7, 11) is 0. The van der Waals surface area contributed by atoms with Gasteiger partial charge in [0.1, 0.15) is 5.60 Å². The van der Waals surface area contributed by atoms with E-state index in [-0.39, 0.29) is 19.1 Å². The van der Waals surface area contributed by atoms with E-state index in [0.29, 0.717) is 5.69 Å². The highest BCUT2D eigenvalue weighted by Crippen LogP contribution is 2.22. The number of benzene rings is 2. The number of pyridine rings is 1. The van der Waals surface area contributed by atoms with Gasteiger partial charge in [0, 0.05) is 30.0 Å². The maximum Gasteiger partial charge on any atom is 0.407 e. The SMILES string of the molecule is CC(C)(C)OC(=O)NC[C@@H](C(=O)Nc1ccc2cnccc2c1)c1ccc(CO)cc1. The molecule has 0 bridgehead atoms. The van der Waals surface area contributed by atoms with Crippen molar-refractivity contribution in [2.24, 2.45) is 0 Å². The molecule has 0 unspecified atom stereocenters. The van der Waals surface area contributed by atoms with Gasteiger partial charge in [-0.1, -0.05) is 30.3 Å². The number of carbonyl (C=O) groups excluding carboxylic acids is 2. The molecule has 2 amide bonds. The number of fused-ring (bicyclic) bond motifs is 1. The van der Waals surface area contributed by atoms with Gasteiger partial charge in [0.15, 0.2) is 0 Å². The van der Waals surface area contributed by atoms with E-state index < -0.39 is 17.6 Å². The molecule has 1 atom stereocenters. The maximum atomic E-state index is 13.1. The van der Waals surface area contributed by atoms with E-state index >= 15 is 0 Å². The molecular formula is C24H27N3O4. The smallest absolute Gasteiger partial charge is 0.407 e. The molecule has 3 N–H and O–H groups in total. The van der Waals surface area contributed by atoms with Crippen molar-refractivity contribution in [3.8, 4) is 0 Å². The molecule has 7 nitrogen and oxygen atoms in total. The van der Waals surface area contributed by atoms with Crippen LogP contribution in [0.3, 0.4) is 0 Å². The Balaban J connectivity index is 1.79. The zero-order valence-electron chi connectivity index (χ0n) is 17.9. The van der Waals surface area contributed by atoms with Gasteiger partial charge < -0.3 is 20.5 Å². The molecule has 0 aliphatic heterocycles. The number of amides is 2. The molecule has 3 rings (SSSR count). The molecule has 31 heavy (non-hydrogen) atoms. The Labute approximate surface area is 181 Å². The van der Waals surface area contributed by atoms with Gasteiger partial charge >= 0.3 is 6.09 Å². The van der Waals surface area contributed by atoms with Crippen LogP contribution in [-0.2, 0) is 16.1 Å². The monoisotopic (exact) mass is 421 g/mol. The van der Waals surface area contributed by atoms with Gasteiger partial charge in [-0.25, -0.2) is 4.79 Å². The third kappa shape index (κ3) is 6.26. The topological polar surface area (TPSA) is 101 Å². The Kier molecular flexibility index (Phi) is 6.87. The van der Waals surface area contributed by atoms with Crippen LogP contribution in [0.5, 0.6) is 0 Å². The number of anilines is 1. The summed E-state index contributed by atoms with van der Waals surface area (Å²) in [5, 5.41) is 16.8. The minimum Gasteiger partial charge on any atom is -0.444 e. The molecule has 162 valence electrons. The lowest BCUT2D eigenvalue weighted by Gasteiger charge is -2.22. The Bertz CT molecular complexity index is 1060. The molecule has 2 aromatic carbocycles. The van der Waals surface area contributed by atoms with Crippen LogP contribution >= 0.6 is 0 Å². The molecule has 0 fully saturated rings. The summed E-state index contributed by atoms with van der Waals surface area (Å²) in [6.07, 6.45) is 2.87. The first-order chi connectivity index (χ1) is 14.7. The number of hydrogen-bond donors (Lipinski definition) is 3. The van der Waals surface area contributed by atoms with E-state index in [0.717, 1.165) is 21.9 Å². The van der Waals surface area contributed by atoms with Gasteiger partial charge in [0.2, 0.25) is 5.91 Å². The van der Waals surface area contributed by atoms with Gasteiger partial charge in [0.25, 0.3) is 0 Å². The lowest BCUT2D eigenvalue weighted by atomic mass is 9.96. The molecule has 7 heteroatoms. The molecule has 1 aromatic heterocycles. The zero-order chi connectivity index (χ0) is 22.4. The minimum atomic E-state index is -0.645. The van der Waals surface area contributed by atoms with Gasteiger partial charge in [-0.3, -0.25) is 9.78 Å². The summed E-state index contributed by atoms with van der Waals surface area (Å²) in [5.74, 6) is -0.908. The number of alkyl carbamates (subject to hydrolysis) is 1. The summed E-state index contributed by atoms with van der Waals surface area (Å²) in [5.41, 5.74) is 1.48. The van der Waals surface area contributed by atoms with Crippen LogP contribution in [0.1, 0.15) is 37.8 Å². The lowest BCUT2D eigenvalue weighted by molar-refractivity contribution is -0.117. The van der Waals surface area contributed by atoms with Crippen molar-refractivity contribution in [1.29, 1.82) is 0 Å². The summed E-state index contributed by atoms with van der Waals surface area (Å²) < 4.78 is 5.29. The average molecular weight is 421 g/mol. The molecule has 0 radical (unpaired) electrons. The number of aliphatic hydroxyl groups is 1. The third-order valence-corrected chi connectivity index (χ3v) is 4.64. The Morgan fingerprint density at radius 3 is 2.48 bits per heavy atom. The number of nitrogens with one attached hydrogen (secondary N) is 2. The van der Waals surface area contributed by atoms with Crippen LogP contribution in [0.2, 0.25) is 0 Å². The number of hydrogen-bond acceptors (Lipinski definition) is 5. The molecular weight excluding hydrogens is 394 g/mol. The highest BCUT2D eigenvalue weighted by Gasteiger charge is 2.23. The van der Waals surface area contributed by atoms with Crippen molar-refractivity contribution < 1.29 is 19.4 Å². The summed E-state index contributed by atoms with van der Waals surface area (Å²) in [6.45, 7) is 5.31. The van der Waals surface area contributed by atoms with Gasteiger partial charge in [-0.05, 0) is 55.5 Å². The molecule has 0 spiro atoms. The highest BCUT2D eigenvalue weighted by atomic mass is 16.6. The van der Waals surface area contributed by atoms with Crippen LogP contribution in [0, 0.1) is 0 Å². The van der Waals surface area contributed by atoms with Crippen molar-refractivity contribution in [1.82, 2.24) is 10.3 Å². The lowest BCUT2D eigenvalue weighted by Crippen LogP contribution is -2.37. The predicted octanol–water partition coefficient (Wildman–Crippen LogP) is 3.97. The van der Waals surface area contributed by atoms with E-state index in [1.165, 1.54) is 0 Å². The molecule has 0 saturated heterocycles. The molecule has 1 heterocycles. The number of aliphatic hydroxyl groups excluding tert-OH is 1. The fourth-order valence-corrected chi connectivity index (χ4v) is 3.11. The third-order valence-electron chi connectivity index (χ3n) is 4.64. The fraction of sp³-hybridized carbons (Fsp3) is 0.292. The molecule has 0 aliphatic carbocycles. The number of ether oxygens (including phenoxy) is 1. The molecule has 3 aromatic rings. The summed E-state index contributed by atoms with van der Waals surface area (Å²) in [4.78, 5) is 29.3. The van der Waals surface area contributed by atoms with E-state index in [1.54, 1.807) is 57.4 Å². The first kappa shape index (κ1) is 22.2. The number of rotatable bonds is 6. The number of carbonyl (C=O) groups is 2. The van der Waals surface area contributed by atoms with Crippen LogP contribution in [0.25, 0.3) is 10.8 Å². The summed E-state index contributed by atoms with van der Waals surface area (Å²) >= 11 is 0. The van der Waals surface area contributed by atoms with Crippen LogP contribution in [0.15, 0.2) is 60.9 Å². The number of nitrogens with zero attached hydrogens (tertiary/aromatic N) is 1. The van der Waals surface area contributed by atoms with Crippen LogP contribution < -0.4 is 10.6 Å².